The van der Waals surface area contributed by atoms with E-state index in [1.54, 1.807) is 0 Å². The molecule has 1 saturated carbocycles. The van der Waals surface area contributed by atoms with Crippen LogP contribution in [-0.4, -0.2) is 12.1 Å². The zero-order chi connectivity index (χ0) is 15.7. The van der Waals surface area contributed by atoms with Crippen molar-refractivity contribution in [2.75, 3.05) is 6.54 Å². The van der Waals surface area contributed by atoms with E-state index in [1.807, 2.05) is 6.07 Å². The first-order chi connectivity index (χ1) is 9.76. The number of nitrogens with one attached hydrogen (secondary N) is 1. The monoisotopic (exact) mass is 311 g/mol. The van der Waals surface area contributed by atoms with Crippen LogP contribution >= 0.6 is 11.6 Å². The van der Waals surface area contributed by atoms with Crippen LogP contribution in [-0.2, 0) is 5.41 Å². The molecule has 0 amide bonds. The third-order valence-electron chi connectivity index (χ3n) is 4.52. The Morgan fingerprint density at radius 3 is 2.52 bits per heavy atom. The lowest BCUT2D eigenvalue weighted by Gasteiger charge is -2.50. The fourth-order valence-electron chi connectivity index (χ4n) is 3.47. The number of rotatable bonds is 5. The predicted molar refractivity (Wildman–Crippen MR) is 88.5 cm³/mol. The fourth-order valence-corrected chi connectivity index (χ4v) is 3.84. The van der Waals surface area contributed by atoms with Crippen LogP contribution in [0.5, 0.6) is 0 Å². The van der Waals surface area contributed by atoms with Crippen LogP contribution in [0.1, 0.15) is 58.9 Å². The van der Waals surface area contributed by atoms with Gasteiger partial charge in [0.25, 0.3) is 0 Å². The van der Waals surface area contributed by atoms with Gasteiger partial charge < -0.3 is 5.32 Å². The molecule has 0 spiro atoms. The van der Waals surface area contributed by atoms with E-state index in [1.165, 1.54) is 25.0 Å². The Morgan fingerprint density at radius 2 is 2.00 bits per heavy atom. The van der Waals surface area contributed by atoms with Crippen LogP contribution in [0.15, 0.2) is 18.2 Å². The van der Waals surface area contributed by atoms with E-state index >= 15 is 0 Å². The van der Waals surface area contributed by atoms with Gasteiger partial charge in [-0.1, -0.05) is 37.4 Å². The van der Waals surface area contributed by atoms with E-state index in [2.05, 4.69) is 33.0 Å². The number of hydrogen-bond acceptors (Lipinski definition) is 1. The first-order valence-electron chi connectivity index (χ1n) is 7.96. The van der Waals surface area contributed by atoms with Crippen LogP contribution in [0, 0.1) is 11.7 Å². The molecule has 3 heteroatoms. The number of benzene rings is 1. The summed E-state index contributed by atoms with van der Waals surface area (Å²) in [6, 6.07) is 4.86. The van der Waals surface area contributed by atoms with Gasteiger partial charge in [0.2, 0.25) is 0 Å². The topological polar surface area (TPSA) is 12.0 Å². The van der Waals surface area contributed by atoms with Crippen molar-refractivity contribution >= 4 is 11.6 Å². The third kappa shape index (κ3) is 3.98. The average molecular weight is 312 g/mol. The van der Waals surface area contributed by atoms with Gasteiger partial charge in [-0.2, -0.15) is 0 Å². The van der Waals surface area contributed by atoms with E-state index in [9.17, 15) is 4.39 Å². The van der Waals surface area contributed by atoms with E-state index < -0.39 is 0 Å². The smallest absolute Gasteiger partial charge is 0.124 e. The minimum atomic E-state index is -0.257. The number of hydrogen-bond donors (Lipinski definition) is 1. The Kier molecular flexibility index (Phi) is 4.99. The van der Waals surface area contributed by atoms with Crippen molar-refractivity contribution in [1.29, 1.82) is 0 Å². The summed E-state index contributed by atoms with van der Waals surface area (Å²) < 4.78 is 13.3. The summed E-state index contributed by atoms with van der Waals surface area (Å²) in [6.07, 6.45) is 4.80. The summed E-state index contributed by atoms with van der Waals surface area (Å²) in [4.78, 5) is 0. The van der Waals surface area contributed by atoms with Gasteiger partial charge in [-0.15, -0.1) is 0 Å². The molecule has 1 aliphatic carbocycles. The van der Waals surface area contributed by atoms with Crippen LogP contribution < -0.4 is 5.32 Å². The molecule has 0 aromatic heterocycles. The molecule has 118 valence electrons. The summed E-state index contributed by atoms with van der Waals surface area (Å²) in [5.41, 5.74) is 1.25. The Hall–Kier alpha value is -0.600. The van der Waals surface area contributed by atoms with Crippen molar-refractivity contribution < 1.29 is 4.39 Å². The molecule has 21 heavy (non-hydrogen) atoms. The summed E-state index contributed by atoms with van der Waals surface area (Å²) in [5, 5.41) is 4.19. The quantitative estimate of drug-likeness (QED) is 0.776. The number of halogens is 2. The zero-order valence-electron chi connectivity index (χ0n) is 13.6. The van der Waals surface area contributed by atoms with Crippen molar-refractivity contribution in [1.82, 2.24) is 5.32 Å². The largest absolute Gasteiger partial charge is 0.311 e. The molecule has 1 nitrogen and oxygen atoms in total. The zero-order valence-corrected chi connectivity index (χ0v) is 14.4. The van der Waals surface area contributed by atoms with E-state index in [-0.39, 0.29) is 16.8 Å². The molecule has 0 atom stereocenters. The minimum absolute atomic E-state index is 0.0674. The van der Waals surface area contributed by atoms with E-state index in [0.29, 0.717) is 5.02 Å². The molecular formula is C18H27ClFN. The van der Waals surface area contributed by atoms with Gasteiger partial charge in [0.1, 0.15) is 5.82 Å². The second-order valence-corrected chi connectivity index (χ2v) is 7.98. The van der Waals surface area contributed by atoms with Crippen molar-refractivity contribution in [2.24, 2.45) is 5.92 Å². The first kappa shape index (κ1) is 16.8. The standard InChI is InChI=1S/C18H27ClFN/c1-5-6-13-10-18(11-13,12-21-17(2,3)4)15-8-7-14(20)9-16(15)19/h7-9,13,21H,5-6,10-12H2,1-4H3. The lowest BCUT2D eigenvalue weighted by molar-refractivity contribution is 0.120. The van der Waals surface area contributed by atoms with Crippen LogP contribution in [0.4, 0.5) is 4.39 Å². The Morgan fingerprint density at radius 1 is 1.33 bits per heavy atom. The maximum atomic E-state index is 13.3. The molecule has 1 aliphatic rings. The van der Waals surface area contributed by atoms with Crippen molar-refractivity contribution in [3.63, 3.8) is 0 Å². The van der Waals surface area contributed by atoms with E-state index in [0.717, 1.165) is 30.9 Å². The van der Waals surface area contributed by atoms with Gasteiger partial charge in [-0.05, 0) is 57.2 Å². The molecule has 1 N–H and O–H groups in total. The highest BCUT2D eigenvalue weighted by molar-refractivity contribution is 6.31. The summed E-state index contributed by atoms with van der Waals surface area (Å²) in [6.45, 7) is 9.67. The van der Waals surface area contributed by atoms with Gasteiger partial charge in [-0.25, -0.2) is 4.39 Å². The Bertz CT molecular complexity index is 486. The average Bonchev–Trinajstić information content (AvgIpc) is 2.31. The highest BCUT2D eigenvalue weighted by Gasteiger charge is 2.46. The second kappa shape index (κ2) is 6.26. The molecule has 0 saturated heterocycles. The minimum Gasteiger partial charge on any atom is -0.311 e. The molecule has 0 bridgehead atoms. The Labute approximate surface area is 133 Å². The van der Waals surface area contributed by atoms with Crippen molar-refractivity contribution in [3.8, 4) is 0 Å². The van der Waals surface area contributed by atoms with Crippen molar-refractivity contribution in [3.05, 3.63) is 34.6 Å². The van der Waals surface area contributed by atoms with Gasteiger partial charge in [0, 0.05) is 22.5 Å². The van der Waals surface area contributed by atoms with Crippen molar-refractivity contribution in [2.45, 2.75) is 64.3 Å². The normalized spacial score (nSPS) is 25.7. The summed E-state index contributed by atoms with van der Waals surface area (Å²) >= 11 is 6.33. The fraction of sp³-hybridized carbons (Fsp3) is 0.667. The summed E-state index contributed by atoms with van der Waals surface area (Å²) in [5.74, 6) is 0.519. The summed E-state index contributed by atoms with van der Waals surface area (Å²) in [7, 11) is 0. The van der Waals surface area contributed by atoms with Gasteiger partial charge in [0.05, 0.1) is 0 Å². The first-order valence-corrected chi connectivity index (χ1v) is 8.34. The molecule has 0 unspecified atom stereocenters. The maximum Gasteiger partial charge on any atom is 0.124 e. The molecule has 0 radical (unpaired) electrons. The van der Waals surface area contributed by atoms with Crippen LogP contribution in [0.2, 0.25) is 5.02 Å². The molecule has 0 aliphatic heterocycles. The Balaban J connectivity index is 2.21. The third-order valence-corrected chi connectivity index (χ3v) is 4.83. The molecule has 1 aromatic carbocycles. The molecule has 0 heterocycles. The molecular weight excluding hydrogens is 285 g/mol. The lowest BCUT2D eigenvalue weighted by atomic mass is 9.57. The van der Waals surface area contributed by atoms with Gasteiger partial charge >= 0.3 is 0 Å². The second-order valence-electron chi connectivity index (χ2n) is 7.57. The van der Waals surface area contributed by atoms with Crippen LogP contribution in [0.3, 0.4) is 0 Å². The molecule has 1 aromatic rings. The predicted octanol–water partition coefficient (Wildman–Crippen LogP) is 5.32. The highest BCUT2D eigenvalue weighted by Crippen LogP contribution is 2.51. The lowest BCUT2D eigenvalue weighted by Crippen LogP contribution is -2.52. The SMILES string of the molecule is CCCC1CC(CNC(C)(C)C)(c2ccc(F)cc2Cl)C1. The van der Waals surface area contributed by atoms with E-state index in [4.69, 9.17) is 11.6 Å². The highest BCUT2D eigenvalue weighted by atomic mass is 35.5. The van der Waals surface area contributed by atoms with Crippen LogP contribution in [0.25, 0.3) is 0 Å². The maximum absolute atomic E-state index is 13.3. The molecule has 1 fully saturated rings. The van der Waals surface area contributed by atoms with Gasteiger partial charge in [-0.3, -0.25) is 0 Å². The molecule has 2 rings (SSSR count). The van der Waals surface area contributed by atoms with Gasteiger partial charge in [0.15, 0.2) is 0 Å².